The lowest BCUT2D eigenvalue weighted by Gasteiger charge is -2.65. The Hall–Kier alpha value is -2.30. The van der Waals surface area contributed by atoms with E-state index in [1.54, 1.807) is 12.3 Å². The summed E-state index contributed by atoms with van der Waals surface area (Å²) in [6.07, 6.45) is 13.2. The maximum absolute atomic E-state index is 12.5. The normalized spacial score (nSPS) is 43.5. The molecule has 2 saturated carbocycles. The number of ether oxygens (including phenoxy) is 2. The summed E-state index contributed by atoms with van der Waals surface area (Å²) in [5.74, 6) is 0.0900. The Kier molecular flexibility index (Phi) is 4.84. The van der Waals surface area contributed by atoms with Gasteiger partial charge in [0.1, 0.15) is 11.7 Å². The van der Waals surface area contributed by atoms with Crippen LogP contribution >= 0.6 is 0 Å². The van der Waals surface area contributed by atoms with Crippen LogP contribution in [0.5, 0.6) is 0 Å². The third-order valence-corrected chi connectivity index (χ3v) is 9.85. The first kappa shape index (κ1) is 22.5. The molecule has 0 saturated heterocycles. The van der Waals surface area contributed by atoms with Crippen molar-refractivity contribution in [1.29, 1.82) is 0 Å². The zero-order valence-corrected chi connectivity index (χ0v) is 20.6. The van der Waals surface area contributed by atoms with Gasteiger partial charge in [-0.3, -0.25) is 4.79 Å². The highest BCUT2D eigenvalue weighted by atomic mass is 16.6. The molecule has 0 amide bonds. The predicted molar refractivity (Wildman–Crippen MR) is 124 cm³/mol. The number of carbonyl (C=O) groups is 2. The fourth-order valence-electron chi connectivity index (χ4n) is 8.53. The van der Waals surface area contributed by atoms with Gasteiger partial charge in [-0.25, -0.2) is 4.79 Å². The average molecular weight is 453 g/mol. The molecule has 178 valence electrons. The molecule has 5 nitrogen and oxygen atoms in total. The predicted octanol–water partition coefficient (Wildman–Crippen LogP) is 5.97. The summed E-state index contributed by atoms with van der Waals surface area (Å²) < 4.78 is 17.5. The zero-order chi connectivity index (χ0) is 23.8. The van der Waals surface area contributed by atoms with Gasteiger partial charge in [0.2, 0.25) is 0 Å². The van der Waals surface area contributed by atoms with Gasteiger partial charge in [-0.15, -0.1) is 0 Å². The molecule has 4 aliphatic rings. The molecular weight excluding hydrogens is 416 g/mol. The average Bonchev–Trinajstić information content (AvgIpc) is 3.33. The first-order valence-corrected chi connectivity index (χ1v) is 12.3. The number of cyclic esters (lactones) is 1. The van der Waals surface area contributed by atoms with Gasteiger partial charge in [0.25, 0.3) is 0 Å². The van der Waals surface area contributed by atoms with E-state index in [4.69, 9.17) is 13.9 Å². The van der Waals surface area contributed by atoms with Crippen molar-refractivity contribution >= 4 is 11.9 Å². The van der Waals surface area contributed by atoms with E-state index in [2.05, 4.69) is 39.0 Å². The molecule has 0 aromatic carbocycles. The van der Waals surface area contributed by atoms with E-state index in [9.17, 15) is 9.59 Å². The van der Waals surface area contributed by atoms with E-state index in [0.717, 1.165) is 19.3 Å². The van der Waals surface area contributed by atoms with Crippen LogP contribution in [0.3, 0.4) is 0 Å². The fourth-order valence-corrected chi connectivity index (χ4v) is 8.53. The Balaban J connectivity index is 1.65. The molecule has 0 N–H and O–H groups in total. The van der Waals surface area contributed by atoms with Crippen LogP contribution in [0, 0.1) is 28.1 Å². The van der Waals surface area contributed by atoms with Gasteiger partial charge in [0.05, 0.1) is 12.5 Å². The van der Waals surface area contributed by atoms with Crippen molar-refractivity contribution < 1.29 is 23.5 Å². The second-order valence-electron chi connectivity index (χ2n) is 11.9. The highest BCUT2D eigenvalue weighted by Crippen LogP contribution is 2.72. The fraction of sp³-hybridized carbons (Fsp3) is 0.643. The molecule has 0 bridgehead atoms. The monoisotopic (exact) mass is 452 g/mol. The van der Waals surface area contributed by atoms with Gasteiger partial charge in [0, 0.05) is 24.3 Å². The molecule has 2 heterocycles. The summed E-state index contributed by atoms with van der Waals surface area (Å²) in [6.45, 7) is 12.5. The minimum atomic E-state index is -0.654. The Morgan fingerprint density at radius 3 is 2.58 bits per heavy atom. The van der Waals surface area contributed by atoms with Crippen LogP contribution in [0.4, 0.5) is 0 Å². The molecule has 1 aromatic heterocycles. The maximum Gasteiger partial charge on any atom is 0.330 e. The molecule has 3 aliphatic carbocycles. The Labute approximate surface area is 196 Å². The van der Waals surface area contributed by atoms with E-state index in [0.29, 0.717) is 12.3 Å². The van der Waals surface area contributed by atoms with Crippen LogP contribution in [0.2, 0.25) is 0 Å². The van der Waals surface area contributed by atoms with Crippen molar-refractivity contribution in [3.8, 4) is 0 Å². The minimum absolute atomic E-state index is 0.0208. The largest absolute Gasteiger partial charge is 0.472 e. The molecule has 33 heavy (non-hydrogen) atoms. The van der Waals surface area contributed by atoms with E-state index >= 15 is 0 Å². The van der Waals surface area contributed by atoms with Gasteiger partial charge in [-0.2, -0.15) is 0 Å². The van der Waals surface area contributed by atoms with Crippen molar-refractivity contribution in [2.75, 3.05) is 0 Å². The quantitative estimate of drug-likeness (QED) is 0.409. The molecule has 0 spiro atoms. The van der Waals surface area contributed by atoms with Gasteiger partial charge in [-0.05, 0) is 73.8 Å². The lowest BCUT2D eigenvalue weighted by Crippen LogP contribution is -2.63. The lowest BCUT2D eigenvalue weighted by atomic mass is 9.40. The van der Waals surface area contributed by atoms with Crippen molar-refractivity contribution in [1.82, 2.24) is 0 Å². The molecule has 0 unspecified atom stereocenters. The number of fused-ring (bicyclic) bond motifs is 5. The van der Waals surface area contributed by atoms with Crippen molar-refractivity contribution in [3.05, 3.63) is 48.0 Å². The van der Waals surface area contributed by atoms with Crippen LogP contribution in [0.25, 0.3) is 0 Å². The van der Waals surface area contributed by atoms with Gasteiger partial charge in [0.15, 0.2) is 0 Å². The number of hydrogen-bond donors (Lipinski definition) is 0. The smallest absolute Gasteiger partial charge is 0.330 e. The molecule has 1 aliphatic heterocycles. The number of carbonyl (C=O) groups excluding carboxylic acids is 2. The molecule has 2 fully saturated rings. The maximum atomic E-state index is 12.5. The summed E-state index contributed by atoms with van der Waals surface area (Å²) in [4.78, 5) is 24.8. The summed E-state index contributed by atoms with van der Waals surface area (Å²) in [5, 5.41) is 0. The van der Waals surface area contributed by atoms with E-state index < -0.39 is 5.60 Å². The van der Waals surface area contributed by atoms with Crippen molar-refractivity contribution in [2.24, 2.45) is 28.1 Å². The van der Waals surface area contributed by atoms with Crippen LogP contribution in [-0.4, -0.2) is 23.6 Å². The van der Waals surface area contributed by atoms with Crippen LogP contribution in [0.1, 0.15) is 78.7 Å². The second-order valence-corrected chi connectivity index (χ2v) is 11.9. The SMILES string of the molecule is CC(=O)O[C@@H]1C[C@H]2C(C)(C)OC(=O)C=C[C@]2(C)[C@H]2CC[C@]3(C)C(=CC[C@H]3c3ccoc3)[C@@]21C. The highest BCUT2D eigenvalue weighted by Gasteiger charge is 2.68. The molecule has 0 radical (unpaired) electrons. The summed E-state index contributed by atoms with van der Waals surface area (Å²) in [7, 11) is 0. The molecule has 5 heteroatoms. The van der Waals surface area contributed by atoms with E-state index in [1.165, 1.54) is 18.1 Å². The third kappa shape index (κ3) is 3.03. The van der Waals surface area contributed by atoms with Crippen LogP contribution < -0.4 is 0 Å². The number of hydrogen-bond acceptors (Lipinski definition) is 5. The number of esters is 2. The number of furan rings is 1. The number of allylic oxidation sites excluding steroid dienone is 2. The van der Waals surface area contributed by atoms with E-state index in [-0.39, 0.29) is 46.1 Å². The summed E-state index contributed by atoms with van der Waals surface area (Å²) >= 11 is 0. The van der Waals surface area contributed by atoms with E-state index in [1.807, 2.05) is 20.1 Å². The molecule has 5 rings (SSSR count). The Morgan fingerprint density at radius 2 is 1.91 bits per heavy atom. The van der Waals surface area contributed by atoms with Crippen LogP contribution in [0.15, 0.2) is 46.8 Å². The zero-order valence-electron chi connectivity index (χ0n) is 20.6. The third-order valence-electron chi connectivity index (χ3n) is 9.85. The van der Waals surface area contributed by atoms with Gasteiger partial charge < -0.3 is 13.9 Å². The lowest BCUT2D eigenvalue weighted by molar-refractivity contribution is -0.200. The summed E-state index contributed by atoms with van der Waals surface area (Å²) in [6, 6.07) is 2.09. The molecule has 1 aromatic rings. The van der Waals surface area contributed by atoms with Gasteiger partial charge in [-0.1, -0.05) is 38.5 Å². The molecule has 7 atom stereocenters. The van der Waals surface area contributed by atoms with Gasteiger partial charge >= 0.3 is 11.9 Å². The topological polar surface area (TPSA) is 65.7 Å². The van der Waals surface area contributed by atoms with Crippen LogP contribution in [-0.2, 0) is 19.1 Å². The Bertz CT molecular complexity index is 1030. The Morgan fingerprint density at radius 1 is 1.15 bits per heavy atom. The molecular formula is C28H36O5. The van der Waals surface area contributed by atoms with Crippen molar-refractivity contribution in [2.45, 2.75) is 84.8 Å². The highest BCUT2D eigenvalue weighted by molar-refractivity contribution is 5.83. The second kappa shape index (κ2) is 7.10. The first-order chi connectivity index (χ1) is 15.4. The van der Waals surface area contributed by atoms with Crippen molar-refractivity contribution in [3.63, 3.8) is 0 Å². The first-order valence-electron chi connectivity index (χ1n) is 12.3. The summed E-state index contributed by atoms with van der Waals surface area (Å²) in [5.41, 5.74) is 1.40. The minimum Gasteiger partial charge on any atom is -0.472 e. The standard InChI is InChI=1S/C28H36O5/c1-17(29)32-23-15-22-25(2,3)33-24(30)10-13-27(22,5)21-9-12-26(4)19(18-11-14-31-16-18)7-8-20(26)28(21,23)6/h8,10-11,13-14,16,19,21-23H,7,9,12,15H2,1-6H3/t19-,21+,22-,23+,26-,27+,28-/m0/s1. The number of rotatable bonds is 2.